The number of hydrogen-bond donors (Lipinski definition) is 1. The first kappa shape index (κ1) is 14.6. The molecule has 3 rings (SSSR count). The Labute approximate surface area is 131 Å². The highest BCUT2D eigenvalue weighted by molar-refractivity contribution is 5.97. The molecular weight excluding hydrogens is 270 g/mol. The predicted molar refractivity (Wildman–Crippen MR) is 90.8 cm³/mol. The third-order valence-electron chi connectivity index (χ3n) is 4.10. The maximum atomic E-state index is 12.4. The van der Waals surface area contributed by atoms with Gasteiger partial charge in [0.1, 0.15) is 0 Å². The Morgan fingerprint density at radius 3 is 2.41 bits per heavy atom. The van der Waals surface area contributed by atoms with Crippen LogP contribution in [-0.4, -0.2) is 5.78 Å². The lowest BCUT2D eigenvalue weighted by atomic mass is 9.90. The van der Waals surface area contributed by atoms with Crippen LogP contribution < -0.4 is 5.32 Å². The molecule has 0 radical (unpaired) electrons. The van der Waals surface area contributed by atoms with Crippen LogP contribution in [0.5, 0.6) is 0 Å². The lowest BCUT2D eigenvalue weighted by Gasteiger charge is -2.21. The van der Waals surface area contributed by atoms with E-state index in [1.807, 2.05) is 18.2 Å². The Bertz CT molecular complexity index is 683. The van der Waals surface area contributed by atoms with Gasteiger partial charge in [0.25, 0.3) is 0 Å². The summed E-state index contributed by atoms with van der Waals surface area (Å²) in [6, 6.07) is 18.5. The molecule has 0 saturated carbocycles. The normalized spacial score (nSPS) is 15.0. The molecule has 2 heteroatoms. The van der Waals surface area contributed by atoms with Gasteiger partial charge in [-0.15, -0.1) is 0 Å². The van der Waals surface area contributed by atoms with E-state index in [-0.39, 0.29) is 5.78 Å². The van der Waals surface area contributed by atoms with Crippen LogP contribution in [0.1, 0.15) is 30.4 Å². The van der Waals surface area contributed by atoms with Gasteiger partial charge < -0.3 is 5.32 Å². The van der Waals surface area contributed by atoms with Gasteiger partial charge in [0.2, 0.25) is 0 Å². The van der Waals surface area contributed by atoms with E-state index in [9.17, 15) is 4.79 Å². The van der Waals surface area contributed by atoms with Crippen molar-refractivity contribution < 1.29 is 4.79 Å². The van der Waals surface area contributed by atoms with Crippen LogP contribution in [0.4, 0.5) is 5.69 Å². The lowest BCUT2D eigenvalue weighted by Crippen LogP contribution is -2.18. The zero-order valence-electron chi connectivity index (χ0n) is 12.9. The average molecular weight is 291 g/mol. The van der Waals surface area contributed by atoms with E-state index >= 15 is 0 Å². The SMILES string of the molecule is Cc1ccc(NC2=C(Cc3ccccc3)C(=O)CCC2)cc1. The molecule has 1 aliphatic rings. The number of benzene rings is 2. The summed E-state index contributed by atoms with van der Waals surface area (Å²) in [5.41, 5.74) is 5.52. The molecule has 1 aliphatic carbocycles. The first-order chi connectivity index (χ1) is 10.7. The summed E-state index contributed by atoms with van der Waals surface area (Å²) in [5.74, 6) is 0.282. The van der Waals surface area contributed by atoms with Crippen molar-refractivity contribution >= 4 is 11.5 Å². The highest BCUT2D eigenvalue weighted by Crippen LogP contribution is 2.26. The summed E-state index contributed by atoms with van der Waals surface area (Å²) in [4.78, 5) is 12.4. The smallest absolute Gasteiger partial charge is 0.160 e. The lowest BCUT2D eigenvalue weighted by molar-refractivity contribution is -0.116. The Hall–Kier alpha value is -2.35. The summed E-state index contributed by atoms with van der Waals surface area (Å²) in [6.45, 7) is 2.08. The number of aryl methyl sites for hydroxylation is 1. The van der Waals surface area contributed by atoms with Crippen LogP contribution in [-0.2, 0) is 11.2 Å². The van der Waals surface area contributed by atoms with Crippen molar-refractivity contribution in [1.82, 2.24) is 0 Å². The molecular formula is C20H21NO. The van der Waals surface area contributed by atoms with Crippen LogP contribution >= 0.6 is 0 Å². The van der Waals surface area contributed by atoms with Gasteiger partial charge in [0.05, 0.1) is 0 Å². The predicted octanol–water partition coefficient (Wildman–Crippen LogP) is 4.66. The minimum absolute atomic E-state index is 0.282. The Balaban J connectivity index is 1.87. The van der Waals surface area contributed by atoms with Crippen molar-refractivity contribution in [3.8, 4) is 0 Å². The molecule has 2 aromatic rings. The standard InChI is InChI=1S/C20H21NO/c1-15-10-12-17(13-11-15)21-19-8-5-9-20(22)18(19)14-16-6-3-2-4-7-16/h2-4,6-7,10-13,21H,5,8-9,14H2,1H3. The second-order valence-corrected chi connectivity index (χ2v) is 5.89. The molecule has 0 atom stereocenters. The van der Waals surface area contributed by atoms with Crippen molar-refractivity contribution in [2.45, 2.75) is 32.6 Å². The third kappa shape index (κ3) is 3.45. The van der Waals surface area contributed by atoms with Crippen molar-refractivity contribution in [2.24, 2.45) is 0 Å². The van der Waals surface area contributed by atoms with E-state index in [0.717, 1.165) is 29.8 Å². The van der Waals surface area contributed by atoms with E-state index in [1.165, 1.54) is 11.1 Å². The largest absolute Gasteiger partial charge is 0.359 e. The molecule has 0 spiro atoms. The number of nitrogens with one attached hydrogen (secondary N) is 1. The quantitative estimate of drug-likeness (QED) is 0.888. The highest BCUT2D eigenvalue weighted by Gasteiger charge is 2.20. The van der Waals surface area contributed by atoms with Gasteiger partial charge in [0, 0.05) is 29.8 Å². The van der Waals surface area contributed by atoms with Crippen molar-refractivity contribution in [3.05, 3.63) is 77.0 Å². The molecule has 22 heavy (non-hydrogen) atoms. The number of Topliss-reactive ketones (excluding diaryl/α,β-unsaturated/α-hetero) is 1. The van der Waals surface area contributed by atoms with Crippen LogP contribution in [0.15, 0.2) is 65.9 Å². The average Bonchev–Trinajstić information content (AvgIpc) is 2.54. The maximum Gasteiger partial charge on any atom is 0.160 e. The molecule has 2 aromatic carbocycles. The highest BCUT2D eigenvalue weighted by atomic mass is 16.1. The molecule has 0 fully saturated rings. The second-order valence-electron chi connectivity index (χ2n) is 5.89. The topological polar surface area (TPSA) is 29.1 Å². The molecule has 0 unspecified atom stereocenters. The van der Waals surface area contributed by atoms with Gasteiger partial charge in [-0.2, -0.15) is 0 Å². The fourth-order valence-corrected chi connectivity index (χ4v) is 2.85. The Morgan fingerprint density at radius 1 is 0.955 bits per heavy atom. The van der Waals surface area contributed by atoms with Crippen LogP contribution in [0.3, 0.4) is 0 Å². The molecule has 0 aliphatic heterocycles. The van der Waals surface area contributed by atoms with Crippen molar-refractivity contribution in [1.29, 1.82) is 0 Å². The van der Waals surface area contributed by atoms with E-state index in [0.29, 0.717) is 12.8 Å². The molecule has 112 valence electrons. The van der Waals surface area contributed by atoms with Gasteiger partial charge in [-0.1, -0.05) is 48.0 Å². The van der Waals surface area contributed by atoms with Crippen LogP contribution in [0.25, 0.3) is 0 Å². The monoisotopic (exact) mass is 291 g/mol. The summed E-state index contributed by atoms with van der Waals surface area (Å²) in [6.07, 6.45) is 3.27. The van der Waals surface area contributed by atoms with Crippen LogP contribution in [0, 0.1) is 6.92 Å². The summed E-state index contributed by atoms with van der Waals surface area (Å²) < 4.78 is 0. The molecule has 0 saturated heterocycles. The second kappa shape index (κ2) is 6.61. The molecule has 0 bridgehead atoms. The number of ketones is 1. The summed E-state index contributed by atoms with van der Waals surface area (Å²) in [5, 5.41) is 3.47. The minimum atomic E-state index is 0.282. The number of carbonyl (C=O) groups is 1. The Morgan fingerprint density at radius 2 is 1.68 bits per heavy atom. The molecule has 0 heterocycles. The van der Waals surface area contributed by atoms with E-state index in [1.54, 1.807) is 0 Å². The van der Waals surface area contributed by atoms with Gasteiger partial charge in [0.15, 0.2) is 5.78 Å². The van der Waals surface area contributed by atoms with Gasteiger partial charge in [-0.05, 0) is 37.5 Å². The number of allylic oxidation sites excluding steroid dienone is 2. The first-order valence-corrected chi connectivity index (χ1v) is 7.85. The number of rotatable bonds is 4. The fraction of sp³-hybridized carbons (Fsp3) is 0.250. The maximum absolute atomic E-state index is 12.4. The third-order valence-corrected chi connectivity index (χ3v) is 4.10. The van der Waals surface area contributed by atoms with E-state index in [4.69, 9.17) is 0 Å². The number of hydrogen-bond acceptors (Lipinski definition) is 2. The van der Waals surface area contributed by atoms with Crippen molar-refractivity contribution in [2.75, 3.05) is 5.32 Å². The molecule has 0 amide bonds. The number of anilines is 1. The Kier molecular flexibility index (Phi) is 4.38. The van der Waals surface area contributed by atoms with Crippen LogP contribution in [0.2, 0.25) is 0 Å². The fourth-order valence-electron chi connectivity index (χ4n) is 2.85. The van der Waals surface area contributed by atoms with E-state index < -0.39 is 0 Å². The molecule has 0 aromatic heterocycles. The minimum Gasteiger partial charge on any atom is -0.359 e. The molecule has 2 nitrogen and oxygen atoms in total. The zero-order valence-corrected chi connectivity index (χ0v) is 12.9. The molecule has 1 N–H and O–H groups in total. The van der Waals surface area contributed by atoms with Gasteiger partial charge in [-0.25, -0.2) is 0 Å². The summed E-state index contributed by atoms with van der Waals surface area (Å²) >= 11 is 0. The number of carbonyl (C=O) groups excluding carboxylic acids is 1. The van der Waals surface area contributed by atoms with Crippen molar-refractivity contribution in [3.63, 3.8) is 0 Å². The van der Waals surface area contributed by atoms with Gasteiger partial charge >= 0.3 is 0 Å². The zero-order chi connectivity index (χ0) is 15.4. The van der Waals surface area contributed by atoms with E-state index in [2.05, 4.69) is 48.6 Å². The first-order valence-electron chi connectivity index (χ1n) is 7.85. The van der Waals surface area contributed by atoms with Gasteiger partial charge in [-0.3, -0.25) is 4.79 Å². The summed E-state index contributed by atoms with van der Waals surface area (Å²) in [7, 11) is 0.